The number of thiocarbonyl (C=S) groups is 1. The number of H-pyrrole nitrogens is 2. The Morgan fingerprint density at radius 2 is 2.25 bits per heavy atom. The van der Waals surface area contributed by atoms with Gasteiger partial charge in [0, 0.05) is 18.8 Å². The van der Waals surface area contributed by atoms with E-state index in [0.717, 1.165) is 42.7 Å². The van der Waals surface area contributed by atoms with Gasteiger partial charge in [-0.1, -0.05) is 0 Å². The fourth-order valence-corrected chi connectivity index (χ4v) is 2.50. The number of aromatic nitrogens is 2. The summed E-state index contributed by atoms with van der Waals surface area (Å²) in [7, 11) is 0. The van der Waals surface area contributed by atoms with Gasteiger partial charge in [0.05, 0.1) is 17.1 Å². The summed E-state index contributed by atoms with van der Waals surface area (Å²) in [6, 6.07) is 5.54. The molecule has 1 unspecified atom stereocenters. The summed E-state index contributed by atoms with van der Waals surface area (Å²) in [5.74, 6) is 0. The SMILES string of the molecule is O=c1[nH]c2ccc(NC(=S)NCC3CCCO3)cc2[nH]1. The number of anilines is 1. The number of hydrogen-bond acceptors (Lipinski definition) is 3. The lowest BCUT2D eigenvalue weighted by atomic mass is 10.2. The largest absolute Gasteiger partial charge is 0.376 e. The fourth-order valence-electron chi connectivity index (χ4n) is 2.30. The number of hydrogen-bond donors (Lipinski definition) is 4. The number of fused-ring (bicyclic) bond motifs is 1. The molecule has 2 heterocycles. The Bertz CT molecular complexity index is 672. The van der Waals surface area contributed by atoms with E-state index in [1.54, 1.807) is 0 Å². The minimum atomic E-state index is -0.212. The summed E-state index contributed by atoms with van der Waals surface area (Å²) >= 11 is 5.24. The third kappa shape index (κ3) is 3.00. The molecule has 1 aliphatic rings. The number of rotatable bonds is 3. The van der Waals surface area contributed by atoms with Crippen LogP contribution in [0.1, 0.15) is 12.8 Å². The molecule has 0 amide bonds. The highest BCUT2D eigenvalue weighted by atomic mass is 32.1. The van der Waals surface area contributed by atoms with Gasteiger partial charge in [0.2, 0.25) is 0 Å². The first-order valence-electron chi connectivity index (χ1n) is 6.59. The smallest absolute Gasteiger partial charge is 0.323 e. The average Bonchev–Trinajstić information content (AvgIpc) is 3.04. The van der Waals surface area contributed by atoms with Gasteiger partial charge in [-0.2, -0.15) is 0 Å². The van der Waals surface area contributed by atoms with Gasteiger partial charge in [0.25, 0.3) is 0 Å². The maximum atomic E-state index is 11.2. The van der Waals surface area contributed by atoms with Crippen LogP contribution < -0.4 is 16.3 Å². The number of benzene rings is 1. The molecule has 1 fully saturated rings. The van der Waals surface area contributed by atoms with Gasteiger partial charge in [0.1, 0.15) is 0 Å². The van der Waals surface area contributed by atoms with E-state index in [2.05, 4.69) is 20.6 Å². The lowest BCUT2D eigenvalue weighted by Crippen LogP contribution is -2.34. The monoisotopic (exact) mass is 292 g/mol. The van der Waals surface area contributed by atoms with Crippen molar-refractivity contribution in [1.82, 2.24) is 15.3 Å². The predicted molar refractivity (Wildman–Crippen MR) is 82.1 cm³/mol. The van der Waals surface area contributed by atoms with Crippen LogP contribution in [0.3, 0.4) is 0 Å². The predicted octanol–water partition coefficient (Wildman–Crippen LogP) is 1.32. The van der Waals surface area contributed by atoms with Crippen LogP contribution in [-0.2, 0) is 4.74 Å². The van der Waals surface area contributed by atoms with Gasteiger partial charge >= 0.3 is 5.69 Å². The zero-order valence-corrected chi connectivity index (χ0v) is 11.7. The Kier molecular flexibility index (Phi) is 3.70. The molecule has 106 valence electrons. The zero-order valence-electron chi connectivity index (χ0n) is 10.9. The van der Waals surface area contributed by atoms with Crippen LogP contribution in [0, 0.1) is 0 Å². The highest BCUT2D eigenvalue weighted by molar-refractivity contribution is 7.80. The molecule has 1 aromatic heterocycles. The lowest BCUT2D eigenvalue weighted by molar-refractivity contribution is 0.114. The molecule has 0 aliphatic carbocycles. The topological polar surface area (TPSA) is 81.9 Å². The van der Waals surface area contributed by atoms with Crippen LogP contribution in [0.2, 0.25) is 0 Å². The van der Waals surface area contributed by atoms with Gasteiger partial charge in [-0.05, 0) is 43.3 Å². The summed E-state index contributed by atoms with van der Waals surface area (Å²) in [4.78, 5) is 16.6. The van der Waals surface area contributed by atoms with Gasteiger partial charge < -0.3 is 25.3 Å². The number of aromatic amines is 2. The van der Waals surface area contributed by atoms with E-state index < -0.39 is 0 Å². The van der Waals surface area contributed by atoms with Crippen molar-refractivity contribution in [2.24, 2.45) is 0 Å². The van der Waals surface area contributed by atoms with E-state index in [1.807, 2.05) is 18.2 Å². The van der Waals surface area contributed by atoms with E-state index in [9.17, 15) is 4.79 Å². The average molecular weight is 292 g/mol. The molecule has 1 saturated heterocycles. The Morgan fingerprint density at radius 1 is 1.40 bits per heavy atom. The molecule has 3 rings (SSSR count). The van der Waals surface area contributed by atoms with Crippen LogP contribution >= 0.6 is 12.2 Å². The third-order valence-corrected chi connectivity index (χ3v) is 3.53. The summed E-state index contributed by atoms with van der Waals surface area (Å²) in [6.45, 7) is 1.55. The lowest BCUT2D eigenvalue weighted by Gasteiger charge is -2.14. The molecule has 1 aromatic carbocycles. The Morgan fingerprint density at radius 3 is 3.05 bits per heavy atom. The maximum absolute atomic E-state index is 11.2. The van der Waals surface area contributed by atoms with Crippen LogP contribution in [0.4, 0.5) is 5.69 Å². The molecule has 7 heteroatoms. The second-order valence-electron chi connectivity index (χ2n) is 4.81. The molecule has 0 bridgehead atoms. The first-order chi connectivity index (χ1) is 9.70. The molecule has 2 aromatic rings. The number of nitrogens with one attached hydrogen (secondary N) is 4. The van der Waals surface area contributed by atoms with Crippen molar-refractivity contribution < 1.29 is 4.74 Å². The minimum absolute atomic E-state index is 0.212. The Balaban J connectivity index is 1.60. The summed E-state index contributed by atoms with van der Waals surface area (Å²) in [5, 5.41) is 6.79. The van der Waals surface area contributed by atoms with Gasteiger partial charge in [-0.25, -0.2) is 4.79 Å². The molecule has 6 nitrogen and oxygen atoms in total. The van der Waals surface area contributed by atoms with E-state index in [1.165, 1.54) is 0 Å². The van der Waals surface area contributed by atoms with Gasteiger partial charge in [-0.3, -0.25) is 0 Å². The van der Waals surface area contributed by atoms with Crippen molar-refractivity contribution in [3.8, 4) is 0 Å². The van der Waals surface area contributed by atoms with Crippen molar-refractivity contribution >= 4 is 34.1 Å². The first kappa shape index (κ1) is 13.1. The van der Waals surface area contributed by atoms with Crippen molar-refractivity contribution in [1.29, 1.82) is 0 Å². The molecule has 20 heavy (non-hydrogen) atoms. The summed E-state index contributed by atoms with van der Waals surface area (Å²) in [5.41, 5.74) is 2.15. The Labute approximate surface area is 120 Å². The highest BCUT2D eigenvalue weighted by Gasteiger charge is 2.15. The van der Waals surface area contributed by atoms with Crippen LogP contribution in [0.15, 0.2) is 23.0 Å². The fraction of sp³-hybridized carbons (Fsp3) is 0.385. The van der Waals surface area contributed by atoms with Gasteiger partial charge in [-0.15, -0.1) is 0 Å². The van der Waals surface area contributed by atoms with E-state index in [0.29, 0.717) is 5.11 Å². The summed E-state index contributed by atoms with van der Waals surface area (Å²) in [6.07, 6.45) is 2.44. The number of ether oxygens (including phenoxy) is 1. The van der Waals surface area contributed by atoms with E-state index in [4.69, 9.17) is 17.0 Å². The third-order valence-electron chi connectivity index (χ3n) is 3.29. The van der Waals surface area contributed by atoms with E-state index >= 15 is 0 Å². The molecule has 0 radical (unpaired) electrons. The van der Waals surface area contributed by atoms with E-state index in [-0.39, 0.29) is 11.8 Å². The molecule has 0 spiro atoms. The summed E-state index contributed by atoms with van der Waals surface area (Å²) < 4.78 is 5.52. The van der Waals surface area contributed by atoms with Crippen LogP contribution in [-0.4, -0.2) is 34.3 Å². The second-order valence-corrected chi connectivity index (χ2v) is 5.22. The first-order valence-corrected chi connectivity index (χ1v) is 7.00. The van der Waals surface area contributed by atoms with Crippen molar-refractivity contribution in [3.63, 3.8) is 0 Å². The molecule has 1 aliphatic heterocycles. The van der Waals surface area contributed by atoms with Crippen LogP contribution in [0.25, 0.3) is 11.0 Å². The van der Waals surface area contributed by atoms with Crippen molar-refractivity contribution in [2.45, 2.75) is 18.9 Å². The molecule has 0 saturated carbocycles. The second kappa shape index (κ2) is 5.64. The van der Waals surface area contributed by atoms with Gasteiger partial charge in [0.15, 0.2) is 5.11 Å². The van der Waals surface area contributed by atoms with Crippen LogP contribution in [0.5, 0.6) is 0 Å². The number of imidazole rings is 1. The standard InChI is InChI=1S/C13H16N4O2S/c18-12-16-10-4-3-8(6-11(10)17-12)15-13(20)14-7-9-2-1-5-19-9/h3-4,6,9H,1-2,5,7H2,(H2,14,15,20)(H2,16,17,18). The maximum Gasteiger partial charge on any atom is 0.323 e. The zero-order chi connectivity index (χ0) is 13.9. The Hall–Kier alpha value is -1.86. The normalized spacial score (nSPS) is 18.3. The molecular weight excluding hydrogens is 276 g/mol. The quantitative estimate of drug-likeness (QED) is 0.642. The van der Waals surface area contributed by atoms with Crippen molar-refractivity contribution in [2.75, 3.05) is 18.5 Å². The highest BCUT2D eigenvalue weighted by Crippen LogP contribution is 2.14. The van der Waals surface area contributed by atoms with Crippen molar-refractivity contribution in [3.05, 3.63) is 28.7 Å². The molecule has 4 N–H and O–H groups in total. The minimum Gasteiger partial charge on any atom is -0.376 e. The molecular formula is C13H16N4O2S. The molecule has 1 atom stereocenters.